The van der Waals surface area contributed by atoms with E-state index in [4.69, 9.17) is 4.74 Å². The number of rotatable bonds is 4. The number of hydrogen-bond donors (Lipinski definition) is 0. The van der Waals surface area contributed by atoms with Crippen molar-refractivity contribution in [1.29, 1.82) is 0 Å². The molecule has 114 valence electrons. The molecule has 6 nitrogen and oxygen atoms in total. The smallest absolute Gasteiger partial charge is 0.310 e. The Morgan fingerprint density at radius 3 is 2.95 bits per heavy atom. The fraction of sp³-hybridized carbons (Fsp3) is 0.533. The van der Waals surface area contributed by atoms with E-state index in [2.05, 4.69) is 0 Å². The van der Waals surface area contributed by atoms with Crippen molar-refractivity contribution in [3.8, 4) is 0 Å². The quantitative estimate of drug-likeness (QED) is 0.484. The molecule has 0 radical (unpaired) electrons. The van der Waals surface area contributed by atoms with Crippen molar-refractivity contribution in [3.63, 3.8) is 0 Å². The number of ether oxygens (including phenoxy) is 1. The number of carbonyl (C=O) groups is 1. The summed E-state index contributed by atoms with van der Waals surface area (Å²) >= 11 is 0. The summed E-state index contributed by atoms with van der Waals surface area (Å²) < 4.78 is 5.08. The van der Waals surface area contributed by atoms with Crippen LogP contribution >= 0.6 is 0 Å². The Bertz CT molecular complexity index is 544. The van der Waals surface area contributed by atoms with E-state index in [0.717, 1.165) is 30.6 Å². The first-order valence-electron chi connectivity index (χ1n) is 7.19. The number of carbonyl (C=O) groups excluding carboxylic acids is 1. The maximum atomic E-state index is 11.9. The molecule has 1 heterocycles. The molecule has 21 heavy (non-hydrogen) atoms. The molecule has 0 aliphatic carbocycles. The summed E-state index contributed by atoms with van der Waals surface area (Å²) in [6.45, 7) is 5.46. The molecule has 1 aromatic carbocycles. The van der Waals surface area contributed by atoms with E-state index in [1.54, 1.807) is 19.1 Å². The highest BCUT2D eigenvalue weighted by Gasteiger charge is 2.28. The van der Waals surface area contributed by atoms with E-state index in [-0.39, 0.29) is 17.6 Å². The van der Waals surface area contributed by atoms with Crippen LogP contribution in [0.1, 0.15) is 25.3 Å². The molecule has 2 rings (SSSR count). The molecule has 0 N–H and O–H groups in total. The van der Waals surface area contributed by atoms with Gasteiger partial charge in [-0.2, -0.15) is 0 Å². The molecule has 1 saturated heterocycles. The summed E-state index contributed by atoms with van der Waals surface area (Å²) in [5, 5.41) is 10.9. The van der Waals surface area contributed by atoms with Crippen LogP contribution in [0.2, 0.25) is 0 Å². The Balaban J connectivity index is 2.19. The second-order valence-electron chi connectivity index (χ2n) is 5.27. The van der Waals surface area contributed by atoms with Crippen LogP contribution in [0.4, 0.5) is 11.4 Å². The predicted octanol–water partition coefficient (Wildman–Crippen LogP) is 2.68. The topological polar surface area (TPSA) is 72.7 Å². The van der Waals surface area contributed by atoms with Gasteiger partial charge in [0.15, 0.2) is 0 Å². The van der Waals surface area contributed by atoms with Gasteiger partial charge in [0.2, 0.25) is 0 Å². The summed E-state index contributed by atoms with van der Waals surface area (Å²) in [6.07, 6.45) is 1.69. The Labute approximate surface area is 123 Å². The van der Waals surface area contributed by atoms with Crippen LogP contribution < -0.4 is 4.90 Å². The van der Waals surface area contributed by atoms with Crippen LogP contribution in [-0.2, 0) is 9.53 Å². The first-order valence-corrected chi connectivity index (χ1v) is 7.19. The molecule has 0 bridgehead atoms. The van der Waals surface area contributed by atoms with Crippen molar-refractivity contribution in [2.45, 2.75) is 26.7 Å². The summed E-state index contributed by atoms with van der Waals surface area (Å²) in [7, 11) is 0. The first-order chi connectivity index (χ1) is 10.0. The molecule has 1 fully saturated rings. The third-order valence-electron chi connectivity index (χ3n) is 3.79. The van der Waals surface area contributed by atoms with Crippen LogP contribution in [0.25, 0.3) is 0 Å². The van der Waals surface area contributed by atoms with Crippen molar-refractivity contribution in [3.05, 3.63) is 33.9 Å². The number of anilines is 1. The summed E-state index contributed by atoms with van der Waals surface area (Å²) in [5.41, 5.74) is 1.89. The number of esters is 1. The number of aryl methyl sites for hydroxylation is 1. The highest BCUT2D eigenvalue weighted by Crippen LogP contribution is 2.29. The zero-order chi connectivity index (χ0) is 15.4. The number of nitrogens with zero attached hydrogens (tertiary/aromatic N) is 2. The standard InChI is InChI=1S/C15H20N2O4/c1-3-21-15(18)12-5-4-8-16(10-12)14-9-13(17(19)20)7-6-11(14)2/h6-7,9,12H,3-5,8,10H2,1-2H3. The molecule has 0 saturated carbocycles. The number of benzene rings is 1. The van der Waals surface area contributed by atoms with Gasteiger partial charge in [0.25, 0.3) is 5.69 Å². The molecular formula is C15H20N2O4. The van der Waals surface area contributed by atoms with E-state index in [1.165, 1.54) is 6.07 Å². The van der Waals surface area contributed by atoms with Crippen molar-refractivity contribution < 1.29 is 14.5 Å². The molecule has 0 spiro atoms. The Morgan fingerprint density at radius 2 is 2.29 bits per heavy atom. The molecule has 1 unspecified atom stereocenters. The Hall–Kier alpha value is -2.11. The third-order valence-corrected chi connectivity index (χ3v) is 3.79. The van der Waals surface area contributed by atoms with Gasteiger partial charge >= 0.3 is 5.97 Å². The van der Waals surface area contributed by atoms with Crippen LogP contribution in [0.5, 0.6) is 0 Å². The third kappa shape index (κ3) is 3.51. The minimum Gasteiger partial charge on any atom is -0.466 e. The summed E-state index contributed by atoms with van der Waals surface area (Å²) in [6, 6.07) is 4.84. The molecule has 1 aliphatic heterocycles. The van der Waals surface area contributed by atoms with Gasteiger partial charge in [0, 0.05) is 30.9 Å². The predicted molar refractivity (Wildman–Crippen MR) is 79.4 cm³/mol. The van der Waals surface area contributed by atoms with Gasteiger partial charge in [-0.1, -0.05) is 6.07 Å². The molecule has 0 aromatic heterocycles. The lowest BCUT2D eigenvalue weighted by atomic mass is 9.97. The van der Waals surface area contributed by atoms with E-state index in [0.29, 0.717) is 13.2 Å². The monoisotopic (exact) mass is 292 g/mol. The lowest BCUT2D eigenvalue weighted by Gasteiger charge is -2.34. The van der Waals surface area contributed by atoms with Crippen LogP contribution in [0, 0.1) is 23.0 Å². The van der Waals surface area contributed by atoms with Crippen molar-refractivity contribution in [1.82, 2.24) is 0 Å². The zero-order valence-electron chi connectivity index (χ0n) is 12.4. The van der Waals surface area contributed by atoms with Crippen molar-refractivity contribution in [2.75, 3.05) is 24.6 Å². The number of hydrogen-bond acceptors (Lipinski definition) is 5. The number of nitro groups is 1. The SMILES string of the molecule is CCOC(=O)C1CCCN(c2cc([N+](=O)[O-])ccc2C)C1. The lowest BCUT2D eigenvalue weighted by Crippen LogP contribution is -2.39. The summed E-state index contributed by atoms with van der Waals surface area (Å²) in [5.74, 6) is -0.331. The van der Waals surface area contributed by atoms with Crippen LogP contribution in [0.15, 0.2) is 18.2 Å². The Morgan fingerprint density at radius 1 is 1.52 bits per heavy atom. The van der Waals surface area contributed by atoms with Crippen molar-refractivity contribution >= 4 is 17.3 Å². The van der Waals surface area contributed by atoms with E-state index in [1.807, 2.05) is 11.8 Å². The molecule has 0 amide bonds. The molecule has 1 aliphatic rings. The second-order valence-corrected chi connectivity index (χ2v) is 5.27. The first kappa shape index (κ1) is 15.3. The van der Waals surface area contributed by atoms with Crippen LogP contribution in [-0.4, -0.2) is 30.6 Å². The fourth-order valence-corrected chi connectivity index (χ4v) is 2.70. The van der Waals surface area contributed by atoms with Gasteiger partial charge in [-0.05, 0) is 32.3 Å². The highest BCUT2D eigenvalue weighted by atomic mass is 16.6. The Kier molecular flexibility index (Phi) is 4.77. The molecule has 6 heteroatoms. The van der Waals surface area contributed by atoms with Gasteiger partial charge < -0.3 is 9.64 Å². The highest BCUT2D eigenvalue weighted by molar-refractivity contribution is 5.74. The van der Waals surface area contributed by atoms with Crippen LogP contribution in [0.3, 0.4) is 0 Å². The van der Waals surface area contributed by atoms with Gasteiger partial charge in [-0.3, -0.25) is 14.9 Å². The normalized spacial score (nSPS) is 18.4. The van der Waals surface area contributed by atoms with Gasteiger partial charge in [0.05, 0.1) is 17.4 Å². The maximum Gasteiger partial charge on any atom is 0.310 e. The van der Waals surface area contributed by atoms with Gasteiger partial charge in [-0.15, -0.1) is 0 Å². The molecular weight excluding hydrogens is 272 g/mol. The zero-order valence-corrected chi connectivity index (χ0v) is 12.4. The molecule has 1 aromatic rings. The second kappa shape index (κ2) is 6.56. The molecule has 1 atom stereocenters. The largest absolute Gasteiger partial charge is 0.466 e. The van der Waals surface area contributed by atoms with Gasteiger partial charge in [0.1, 0.15) is 0 Å². The van der Waals surface area contributed by atoms with E-state index in [9.17, 15) is 14.9 Å². The number of piperidine rings is 1. The van der Waals surface area contributed by atoms with E-state index >= 15 is 0 Å². The average Bonchev–Trinajstić information content (AvgIpc) is 2.48. The minimum atomic E-state index is -0.393. The number of nitro benzene ring substituents is 1. The van der Waals surface area contributed by atoms with Crippen molar-refractivity contribution in [2.24, 2.45) is 5.92 Å². The fourth-order valence-electron chi connectivity index (χ4n) is 2.70. The maximum absolute atomic E-state index is 11.9. The number of non-ortho nitro benzene ring substituents is 1. The van der Waals surface area contributed by atoms with E-state index < -0.39 is 4.92 Å². The minimum absolute atomic E-state index is 0.0776. The lowest BCUT2D eigenvalue weighted by molar-refractivity contribution is -0.384. The average molecular weight is 292 g/mol. The summed E-state index contributed by atoms with van der Waals surface area (Å²) in [4.78, 5) is 24.5. The van der Waals surface area contributed by atoms with Gasteiger partial charge in [-0.25, -0.2) is 0 Å².